The monoisotopic (exact) mass is 381 g/mol. The van der Waals surface area contributed by atoms with Gasteiger partial charge in [0.1, 0.15) is 5.75 Å². The largest absolute Gasteiger partial charge is 0.493 e. The number of carbonyl (C=O) groups excluding carboxylic acids is 1. The van der Waals surface area contributed by atoms with Crippen molar-refractivity contribution in [3.8, 4) is 11.8 Å². The lowest BCUT2D eigenvalue weighted by molar-refractivity contribution is 0.0973. The summed E-state index contributed by atoms with van der Waals surface area (Å²) < 4.78 is 5.78. The third kappa shape index (κ3) is 6.72. The highest BCUT2D eigenvalue weighted by atomic mass is 32.1. The zero-order chi connectivity index (χ0) is 19.5. The fourth-order valence-corrected chi connectivity index (χ4v) is 2.66. The molecule has 6 heteroatoms. The molecule has 0 atom stereocenters. The second-order valence-electron chi connectivity index (χ2n) is 6.00. The van der Waals surface area contributed by atoms with Crippen molar-refractivity contribution in [2.24, 2.45) is 0 Å². The van der Waals surface area contributed by atoms with Gasteiger partial charge >= 0.3 is 0 Å². The van der Waals surface area contributed by atoms with E-state index in [1.165, 1.54) is 12.8 Å². The van der Waals surface area contributed by atoms with Crippen LogP contribution in [0.2, 0.25) is 0 Å². The summed E-state index contributed by atoms with van der Waals surface area (Å²) in [6.45, 7) is 2.74. The number of hydrogen-bond acceptors (Lipinski definition) is 4. The standard InChI is InChI=1S/C21H23N3O2S/c1-2-3-4-7-14-26-19-9-6-5-8-18(19)20(25)24-21(27)23-17-12-10-16(15-22)11-13-17/h5-6,8-13H,2-4,7,14H2,1H3,(H2,23,24,25,27). The Labute approximate surface area is 165 Å². The molecule has 0 aliphatic carbocycles. The van der Waals surface area contributed by atoms with E-state index < -0.39 is 0 Å². The van der Waals surface area contributed by atoms with Crippen molar-refractivity contribution >= 4 is 28.9 Å². The Morgan fingerprint density at radius 2 is 1.85 bits per heavy atom. The third-order valence-electron chi connectivity index (χ3n) is 3.89. The molecule has 2 rings (SSSR count). The van der Waals surface area contributed by atoms with Crippen LogP contribution in [0.25, 0.3) is 0 Å². The minimum atomic E-state index is -0.328. The van der Waals surface area contributed by atoms with E-state index in [0.717, 1.165) is 12.8 Å². The lowest BCUT2D eigenvalue weighted by Gasteiger charge is -2.13. The highest BCUT2D eigenvalue weighted by Crippen LogP contribution is 2.18. The van der Waals surface area contributed by atoms with Gasteiger partial charge in [-0.2, -0.15) is 5.26 Å². The summed E-state index contributed by atoms with van der Waals surface area (Å²) in [4.78, 5) is 12.5. The van der Waals surface area contributed by atoms with Gasteiger partial charge in [-0.25, -0.2) is 0 Å². The molecule has 0 saturated heterocycles. The first-order chi connectivity index (χ1) is 13.1. The number of nitrogens with zero attached hydrogens (tertiary/aromatic N) is 1. The fourth-order valence-electron chi connectivity index (χ4n) is 2.45. The van der Waals surface area contributed by atoms with E-state index in [9.17, 15) is 4.79 Å². The van der Waals surface area contributed by atoms with E-state index in [1.807, 2.05) is 6.07 Å². The average Bonchev–Trinajstić information content (AvgIpc) is 2.68. The Morgan fingerprint density at radius 1 is 1.11 bits per heavy atom. The summed E-state index contributed by atoms with van der Waals surface area (Å²) in [5.41, 5.74) is 1.69. The Bertz CT molecular complexity index is 813. The maximum absolute atomic E-state index is 12.5. The molecule has 0 fully saturated rings. The normalized spacial score (nSPS) is 9.93. The smallest absolute Gasteiger partial charge is 0.261 e. The summed E-state index contributed by atoms with van der Waals surface area (Å²) in [5, 5.41) is 14.6. The molecule has 2 aromatic carbocycles. The van der Waals surface area contributed by atoms with Crippen LogP contribution >= 0.6 is 12.2 Å². The molecule has 5 nitrogen and oxygen atoms in total. The maximum atomic E-state index is 12.5. The van der Waals surface area contributed by atoms with E-state index in [4.69, 9.17) is 22.2 Å². The highest BCUT2D eigenvalue weighted by molar-refractivity contribution is 7.80. The molecule has 0 aliphatic rings. The minimum Gasteiger partial charge on any atom is -0.493 e. The second-order valence-corrected chi connectivity index (χ2v) is 6.41. The van der Waals surface area contributed by atoms with Crippen LogP contribution in [0.15, 0.2) is 48.5 Å². The van der Waals surface area contributed by atoms with Crippen molar-refractivity contribution in [2.45, 2.75) is 32.6 Å². The van der Waals surface area contributed by atoms with Crippen LogP contribution < -0.4 is 15.4 Å². The number of amides is 1. The van der Waals surface area contributed by atoms with E-state index in [1.54, 1.807) is 42.5 Å². The average molecular weight is 382 g/mol. The van der Waals surface area contributed by atoms with Gasteiger partial charge in [-0.3, -0.25) is 10.1 Å². The predicted molar refractivity (Wildman–Crippen MR) is 111 cm³/mol. The number of hydrogen-bond donors (Lipinski definition) is 2. The molecular weight excluding hydrogens is 358 g/mol. The molecular formula is C21H23N3O2S. The maximum Gasteiger partial charge on any atom is 0.261 e. The van der Waals surface area contributed by atoms with Gasteiger partial charge in [-0.15, -0.1) is 0 Å². The zero-order valence-electron chi connectivity index (χ0n) is 15.3. The molecule has 140 valence electrons. The van der Waals surface area contributed by atoms with Crippen LogP contribution in [0.1, 0.15) is 48.5 Å². The number of ether oxygens (including phenoxy) is 1. The number of unbranched alkanes of at least 4 members (excludes halogenated alkanes) is 3. The molecule has 27 heavy (non-hydrogen) atoms. The number of carbonyl (C=O) groups is 1. The highest BCUT2D eigenvalue weighted by Gasteiger charge is 2.13. The van der Waals surface area contributed by atoms with Gasteiger partial charge in [-0.1, -0.05) is 38.3 Å². The van der Waals surface area contributed by atoms with E-state index in [0.29, 0.717) is 29.2 Å². The third-order valence-corrected chi connectivity index (χ3v) is 4.09. The number of benzene rings is 2. The summed E-state index contributed by atoms with van der Waals surface area (Å²) in [5.74, 6) is 0.220. The Morgan fingerprint density at radius 3 is 2.56 bits per heavy atom. The van der Waals surface area contributed by atoms with Crippen LogP contribution in [0.3, 0.4) is 0 Å². The molecule has 0 aliphatic heterocycles. The van der Waals surface area contributed by atoms with Crippen molar-refractivity contribution in [1.29, 1.82) is 5.26 Å². The van der Waals surface area contributed by atoms with Crippen LogP contribution in [0.5, 0.6) is 5.75 Å². The summed E-state index contributed by atoms with van der Waals surface area (Å²) in [6, 6.07) is 16.0. The van der Waals surface area contributed by atoms with E-state index >= 15 is 0 Å². The van der Waals surface area contributed by atoms with Gasteiger partial charge in [-0.05, 0) is 55.0 Å². The first-order valence-corrected chi connectivity index (χ1v) is 9.39. The molecule has 2 aromatic rings. The number of para-hydroxylation sites is 1. The molecule has 0 radical (unpaired) electrons. The van der Waals surface area contributed by atoms with Crippen molar-refractivity contribution in [2.75, 3.05) is 11.9 Å². The van der Waals surface area contributed by atoms with Crippen LogP contribution in [0.4, 0.5) is 5.69 Å². The Balaban J connectivity index is 1.92. The van der Waals surface area contributed by atoms with Gasteiger partial charge in [0.05, 0.1) is 23.8 Å². The van der Waals surface area contributed by atoms with Gasteiger partial charge in [0.2, 0.25) is 0 Å². The molecule has 0 saturated carbocycles. The first-order valence-electron chi connectivity index (χ1n) is 8.98. The number of rotatable bonds is 8. The second kappa shape index (κ2) is 10.9. The van der Waals surface area contributed by atoms with Crippen LogP contribution in [0, 0.1) is 11.3 Å². The van der Waals surface area contributed by atoms with Gasteiger partial charge in [0.25, 0.3) is 5.91 Å². The predicted octanol–water partition coefficient (Wildman–Crippen LogP) is 4.64. The lowest BCUT2D eigenvalue weighted by Crippen LogP contribution is -2.34. The lowest BCUT2D eigenvalue weighted by atomic mass is 10.2. The molecule has 0 unspecified atom stereocenters. The molecule has 0 spiro atoms. The molecule has 2 N–H and O–H groups in total. The number of nitriles is 1. The molecule has 1 amide bonds. The van der Waals surface area contributed by atoms with Crippen LogP contribution in [-0.2, 0) is 0 Å². The number of nitrogens with one attached hydrogen (secondary N) is 2. The van der Waals surface area contributed by atoms with Gasteiger partial charge in [0.15, 0.2) is 5.11 Å². The van der Waals surface area contributed by atoms with Crippen molar-refractivity contribution in [3.63, 3.8) is 0 Å². The molecule has 0 heterocycles. The first kappa shape index (κ1) is 20.4. The fraction of sp³-hybridized carbons (Fsp3) is 0.286. The topological polar surface area (TPSA) is 74.2 Å². The van der Waals surface area contributed by atoms with Gasteiger partial charge < -0.3 is 10.1 Å². The zero-order valence-corrected chi connectivity index (χ0v) is 16.1. The Kier molecular flexibility index (Phi) is 8.27. The number of anilines is 1. The number of thiocarbonyl (C=S) groups is 1. The van der Waals surface area contributed by atoms with Crippen molar-refractivity contribution in [1.82, 2.24) is 5.32 Å². The summed E-state index contributed by atoms with van der Waals surface area (Å²) >= 11 is 5.20. The molecule has 0 bridgehead atoms. The van der Waals surface area contributed by atoms with E-state index in [-0.39, 0.29) is 11.0 Å². The van der Waals surface area contributed by atoms with E-state index in [2.05, 4.69) is 23.6 Å². The summed E-state index contributed by atoms with van der Waals surface area (Å²) in [7, 11) is 0. The van der Waals surface area contributed by atoms with Gasteiger partial charge in [0, 0.05) is 5.69 Å². The minimum absolute atomic E-state index is 0.183. The van der Waals surface area contributed by atoms with Crippen molar-refractivity contribution in [3.05, 3.63) is 59.7 Å². The molecule has 0 aromatic heterocycles. The van der Waals surface area contributed by atoms with Crippen LogP contribution in [-0.4, -0.2) is 17.6 Å². The quantitative estimate of drug-likeness (QED) is 0.514. The SMILES string of the molecule is CCCCCCOc1ccccc1C(=O)NC(=S)Nc1ccc(C#N)cc1. The Hall–Kier alpha value is -2.91. The summed E-state index contributed by atoms with van der Waals surface area (Å²) in [6.07, 6.45) is 4.43. The van der Waals surface area contributed by atoms with Crippen molar-refractivity contribution < 1.29 is 9.53 Å².